The Bertz CT molecular complexity index is 897. The first-order valence-electron chi connectivity index (χ1n) is 9.83. The van der Waals surface area contributed by atoms with E-state index in [-0.39, 0.29) is 24.3 Å². The molecule has 7 heteroatoms. The van der Waals surface area contributed by atoms with Crippen LogP contribution in [-0.2, 0) is 24.5 Å². The number of rotatable bonds is 4. The molecule has 1 aromatic carbocycles. The number of nitrogens with zero attached hydrogens (tertiary/aromatic N) is 1. The first kappa shape index (κ1) is 19.7. The number of hydroxylamine groups is 3. The molecule has 29 heavy (non-hydrogen) atoms. The van der Waals surface area contributed by atoms with Gasteiger partial charge < -0.3 is 24.6 Å². The Kier molecular flexibility index (Phi) is 4.75. The molecule has 3 heterocycles. The Morgan fingerprint density at radius 2 is 2.14 bits per heavy atom. The molecule has 1 spiro atoms. The lowest BCUT2D eigenvalue weighted by atomic mass is 9.67. The summed E-state index contributed by atoms with van der Waals surface area (Å²) in [7, 11) is 2.80. The molecule has 1 unspecified atom stereocenters. The molecular weight excluding hydrogens is 372 g/mol. The largest absolute Gasteiger partial charge is 0.633 e. The van der Waals surface area contributed by atoms with E-state index in [9.17, 15) is 14.8 Å². The van der Waals surface area contributed by atoms with Gasteiger partial charge >= 0.3 is 5.97 Å². The van der Waals surface area contributed by atoms with Crippen LogP contribution in [0.2, 0.25) is 0 Å². The molecule has 0 bridgehead atoms. The van der Waals surface area contributed by atoms with Crippen LogP contribution in [0.5, 0.6) is 0 Å². The second kappa shape index (κ2) is 7.00. The number of benzene rings is 1. The third kappa shape index (κ3) is 2.72. The summed E-state index contributed by atoms with van der Waals surface area (Å²) in [6.07, 6.45) is 4.00. The van der Waals surface area contributed by atoms with Gasteiger partial charge in [0.15, 0.2) is 0 Å². The van der Waals surface area contributed by atoms with E-state index in [0.717, 1.165) is 11.3 Å². The van der Waals surface area contributed by atoms with Gasteiger partial charge in [0, 0.05) is 30.4 Å². The van der Waals surface area contributed by atoms with Gasteiger partial charge in [-0.05, 0) is 11.6 Å². The van der Waals surface area contributed by atoms with Gasteiger partial charge in [0.2, 0.25) is 5.91 Å². The van der Waals surface area contributed by atoms with Crippen molar-refractivity contribution < 1.29 is 23.7 Å². The Labute approximate surface area is 170 Å². The van der Waals surface area contributed by atoms with Crippen molar-refractivity contribution in [1.29, 1.82) is 0 Å². The third-order valence-corrected chi connectivity index (χ3v) is 6.96. The topological polar surface area (TPSA) is 87.7 Å². The lowest BCUT2D eigenvalue weighted by Gasteiger charge is -2.54. The maximum absolute atomic E-state index is 13.9. The molecule has 2 fully saturated rings. The number of fused-ring (bicyclic) bond motifs is 4. The second-order valence-electron chi connectivity index (χ2n) is 8.14. The first-order valence-corrected chi connectivity index (χ1v) is 9.83. The fourth-order valence-electron chi connectivity index (χ4n) is 5.65. The molecule has 7 nitrogen and oxygen atoms in total. The first-order chi connectivity index (χ1) is 13.9. The van der Waals surface area contributed by atoms with E-state index >= 15 is 0 Å². The molecule has 0 aliphatic carbocycles. The van der Waals surface area contributed by atoms with Crippen molar-refractivity contribution in [3.05, 3.63) is 59.5 Å². The number of carbonyl (C=O) groups excluding carboxylic acids is 2. The van der Waals surface area contributed by atoms with Crippen LogP contribution in [-0.4, -0.2) is 49.9 Å². The number of nitrogens with one attached hydrogen (secondary N) is 1. The van der Waals surface area contributed by atoms with E-state index in [4.69, 9.17) is 9.47 Å². The van der Waals surface area contributed by atoms with Gasteiger partial charge in [0.05, 0.1) is 39.1 Å². The quantitative estimate of drug-likeness (QED) is 0.210. The van der Waals surface area contributed by atoms with Crippen molar-refractivity contribution in [1.82, 2.24) is 0 Å². The Morgan fingerprint density at radius 3 is 2.83 bits per heavy atom. The molecule has 2 saturated heterocycles. The highest BCUT2D eigenvalue weighted by Crippen LogP contribution is 2.55. The fraction of sp³-hybridized carbons (Fsp3) is 0.455. The standard InChI is InChI=1S/C22H26N2O5/c1-4-14-12-24(27)10-9-22(17-7-5-6-8-18(17)23-21(22)26)19(24)11-15(14)16(13-28-2)20(25)29-3/h4-8,13-15,19H,1,9-12H2,2-3H3,(H,23,26)/b16-13+/t14-,15-,19-,22-,24?/m0/s1. The number of anilines is 1. The number of hydrogen-bond acceptors (Lipinski definition) is 5. The van der Waals surface area contributed by atoms with E-state index in [1.54, 1.807) is 6.08 Å². The number of ether oxygens (including phenoxy) is 2. The van der Waals surface area contributed by atoms with Crippen molar-refractivity contribution >= 4 is 17.6 Å². The minimum atomic E-state index is -0.878. The van der Waals surface area contributed by atoms with Crippen molar-refractivity contribution in [3.63, 3.8) is 0 Å². The second-order valence-corrected chi connectivity index (χ2v) is 8.14. The Hall–Kier alpha value is -2.64. The number of methoxy groups -OCH3 is 2. The average molecular weight is 398 g/mol. The van der Waals surface area contributed by atoms with Crippen LogP contribution in [0.3, 0.4) is 0 Å². The average Bonchev–Trinajstić information content (AvgIpc) is 3.19. The molecule has 0 aromatic heterocycles. The summed E-state index contributed by atoms with van der Waals surface area (Å²) in [6.45, 7) is 4.54. The number of para-hydroxylation sites is 1. The molecule has 0 saturated carbocycles. The van der Waals surface area contributed by atoms with Crippen molar-refractivity contribution in [2.24, 2.45) is 11.8 Å². The smallest absolute Gasteiger partial charge is 0.337 e. The van der Waals surface area contributed by atoms with E-state index in [2.05, 4.69) is 11.9 Å². The van der Waals surface area contributed by atoms with Crippen molar-refractivity contribution in [3.8, 4) is 0 Å². The van der Waals surface area contributed by atoms with Crippen LogP contribution in [0.25, 0.3) is 0 Å². The molecule has 0 radical (unpaired) electrons. The van der Waals surface area contributed by atoms with Gasteiger partial charge in [-0.3, -0.25) is 4.79 Å². The zero-order valence-corrected chi connectivity index (χ0v) is 16.7. The summed E-state index contributed by atoms with van der Waals surface area (Å²) >= 11 is 0. The molecule has 3 aliphatic rings. The van der Waals surface area contributed by atoms with Gasteiger partial charge in [-0.2, -0.15) is 0 Å². The number of amides is 1. The predicted molar refractivity (Wildman–Crippen MR) is 107 cm³/mol. The number of carbonyl (C=O) groups is 2. The molecule has 5 atom stereocenters. The van der Waals surface area contributed by atoms with Gasteiger partial charge in [-0.25, -0.2) is 4.79 Å². The fourth-order valence-corrected chi connectivity index (χ4v) is 5.65. The molecule has 1 N–H and O–H groups in total. The van der Waals surface area contributed by atoms with Gasteiger partial charge in [0.25, 0.3) is 0 Å². The summed E-state index contributed by atoms with van der Waals surface area (Å²) < 4.78 is 9.65. The van der Waals surface area contributed by atoms with Gasteiger partial charge in [-0.15, -0.1) is 6.58 Å². The monoisotopic (exact) mass is 398 g/mol. The highest BCUT2D eigenvalue weighted by molar-refractivity contribution is 6.07. The zero-order valence-electron chi connectivity index (χ0n) is 16.7. The number of quaternary nitrogens is 1. The normalized spacial score (nSPS) is 35.6. The highest BCUT2D eigenvalue weighted by Gasteiger charge is 2.65. The molecule has 1 aromatic rings. The number of esters is 1. The maximum Gasteiger partial charge on any atom is 0.337 e. The van der Waals surface area contributed by atoms with Crippen LogP contribution in [0, 0.1) is 17.0 Å². The lowest BCUT2D eigenvalue weighted by molar-refractivity contribution is -0.903. The van der Waals surface area contributed by atoms with Gasteiger partial charge in [-0.1, -0.05) is 24.3 Å². The van der Waals surface area contributed by atoms with Crippen molar-refractivity contribution in [2.75, 3.05) is 32.6 Å². The van der Waals surface area contributed by atoms with Crippen LogP contribution in [0.1, 0.15) is 18.4 Å². The summed E-state index contributed by atoms with van der Waals surface area (Å²) in [5.74, 6) is -1.12. The van der Waals surface area contributed by atoms with Gasteiger partial charge in [0.1, 0.15) is 11.5 Å². The molecular formula is C22H26N2O5. The minimum Gasteiger partial charge on any atom is -0.633 e. The maximum atomic E-state index is 13.9. The van der Waals surface area contributed by atoms with E-state index < -0.39 is 22.1 Å². The lowest BCUT2D eigenvalue weighted by Crippen LogP contribution is -2.61. The van der Waals surface area contributed by atoms with Crippen LogP contribution in [0.15, 0.2) is 48.8 Å². The molecule has 1 amide bonds. The highest BCUT2D eigenvalue weighted by atomic mass is 16.6. The van der Waals surface area contributed by atoms with E-state index in [0.29, 0.717) is 25.0 Å². The SMILES string of the molecule is C=C[C@H]1C[N+]2([O-])CC[C@@]3(C(=O)Nc4ccccc43)[C@@H]2C[C@@H]1/C(=C\OC)C(=O)OC. The summed E-state index contributed by atoms with van der Waals surface area (Å²) in [5, 5.41) is 16.8. The van der Waals surface area contributed by atoms with Crippen LogP contribution in [0.4, 0.5) is 5.69 Å². The molecule has 154 valence electrons. The van der Waals surface area contributed by atoms with E-state index in [1.807, 2.05) is 24.3 Å². The molecule has 3 aliphatic heterocycles. The van der Waals surface area contributed by atoms with Crippen LogP contribution >= 0.6 is 0 Å². The third-order valence-electron chi connectivity index (χ3n) is 6.96. The zero-order chi connectivity index (χ0) is 20.8. The van der Waals surface area contributed by atoms with Crippen LogP contribution < -0.4 is 5.32 Å². The Balaban J connectivity index is 1.80. The number of piperidine rings is 1. The predicted octanol–water partition coefficient (Wildman–Crippen LogP) is 2.49. The minimum absolute atomic E-state index is 0.120. The summed E-state index contributed by atoms with van der Waals surface area (Å²) in [5.41, 5.74) is 1.16. The molecule has 4 rings (SSSR count). The summed E-state index contributed by atoms with van der Waals surface area (Å²) in [6, 6.07) is 7.09. The number of hydrogen-bond donors (Lipinski definition) is 1. The Morgan fingerprint density at radius 1 is 1.38 bits per heavy atom. The summed E-state index contributed by atoms with van der Waals surface area (Å²) in [4.78, 5) is 25.6. The van der Waals surface area contributed by atoms with E-state index in [1.165, 1.54) is 20.5 Å². The van der Waals surface area contributed by atoms with Crippen molar-refractivity contribution in [2.45, 2.75) is 24.3 Å².